The van der Waals surface area contributed by atoms with E-state index in [1.165, 1.54) is 0 Å². The van der Waals surface area contributed by atoms with Crippen LogP contribution in [0.3, 0.4) is 0 Å². The molecule has 0 saturated heterocycles. The van der Waals surface area contributed by atoms with Crippen molar-refractivity contribution in [3.05, 3.63) is 34.5 Å². The maximum absolute atomic E-state index is 13.5. The second-order valence-electron chi connectivity index (χ2n) is 4.31. The Morgan fingerprint density at radius 1 is 1.33 bits per heavy atom. The number of nitrogens with zero attached hydrogens (tertiary/aromatic N) is 2. The molecule has 0 aliphatic rings. The monoisotopic (exact) mass is 316 g/mol. The summed E-state index contributed by atoms with van der Waals surface area (Å²) in [6.45, 7) is 0. The van der Waals surface area contributed by atoms with Crippen LogP contribution in [-0.2, 0) is 0 Å². The number of carbonyl (C=O) groups is 1. The molecule has 0 bridgehead atoms. The quantitative estimate of drug-likeness (QED) is 0.853. The van der Waals surface area contributed by atoms with Crippen LogP contribution in [0.25, 0.3) is 0 Å². The summed E-state index contributed by atoms with van der Waals surface area (Å²) in [4.78, 5) is 17.6. The zero-order valence-electron chi connectivity index (χ0n) is 11.1. The van der Waals surface area contributed by atoms with Crippen LogP contribution in [0.1, 0.15) is 9.67 Å². The van der Waals surface area contributed by atoms with Crippen molar-refractivity contribution in [2.75, 3.05) is 30.0 Å². The number of thiazole rings is 1. The molecular formula is C12H11F3N4OS. The van der Waals surface area contributed by atoms with Crippen molar-refractivity contribution in [1.29, 1.82) is 0 Å². The predicted octanol–water partition coefficient (Wildman–Crippen LogP) is 2.46. The number of benzene rings is 1. The van der Waals surface area contributed by atoms with E-state index in [1.807, 2.05) is 0 Å². The van der Waals surface area contributed by atoms with E-state index in [2.05, 4.69) is 10.3 Å². The lowest BCUT2D eigenvalue weighted by Gasteiger charge is -2.06. The van der Waals surface area contributed by atoms with Crippen LogP contribution in [0.15, 0.2) is 12.1 Å². The van der Waals surface area contributed by atoms with Gasteiger partial charge in [0.2, 0.25) is 0 Å². The first-order valence-electron chi connectivity index (χ1n) is 5.69. The van der Waals surface area contributed by atoms with E-state index in [0.717, 1.165) is 11.3 Å². The normalized spacial score (nSPS) is 10.5. The van der Waals surface area contributed by atoms with Crippen molar-refractivity contribution in [3.63, 3.8) is 0 Å². The van der Waals surface area contributed by atoms with Crippen molar-refractivity contribution in [1.82, 2.24) is 4.98 Å². The lowest BCUT2D eigenvalue weighted by atomic mass is 10.2. The van der Waals surface area contributed by atoms with Crippen molar-refractivity contribution < 1.29 is 18.0 Å². The summed E-state index contributed by atoms with van der Waals surface area (Å²) < 4.78 is 39.6. The van der Waals surface area contributed by atoms with E-state index in [1.54, 1.807) is 19.0 Å². The Morgan fingerprint density at radius 3 is 2.57 bits per heavy atom. The van der Waals surface area contributed by atoms with Crippen LogP contribution in [0.5, 0.6) is 0 Å². The summed E-state index contributed by atoms with van der Waals surface area (Å²) in [7, 11) is 3.42. The van der Waals surface area contributed by atoms with Crippen LogP contribution in [-0.4, -0.2) is 25.0 Å². The zero-order chi connectivity index (χ0) is 15.7. The van der Waals surface area contributed by atoms with Crippen LogP contribution in [0, 0.1) is 17.5 Å². The summed E-state index contributed by atoms with van der Waals surface area (Å²) in [5, 5.41) is 2.55. The number of amides is 1. The van der Waals surface area contributed by atoms with E-state index >= 15 is 0 Å². The second-order valence-corrected chi connectivity index (χ2v) is 5.29. The molecule has 1 heterocycles. The number of nitrogens with two attached hydrogens (primary N) is 1. The Balaban J connectivity index is 2.30. The fraction of sp³-hybridized carbons (Fsp3) is 0.167. The van der Waals surface area contributed by atoms with Gasteiger partial charge < -0.3 is 16.0 Å². The highest BCUT2D eigenvalue weighted by atomic mass is 32.1. The fourth-order valence-corrected chi connectivity index (χ4v) is 2.30. The first-order chi connectivity index (χ1) is 9.79. The molecule has 9 heteroatoms. The summed E-state index contributed by atoms with van der Waals surface area (Å²) in [6, 6.07) is 1.07. The van der Waals surface area contributed by atoms with E-state index in [0.29, 0.717) is 17.3 Å². The maximum Gasteiger partial charge on any atom is 0.269 e. The molecule has 1 aromatic carbocycles. The maximum atomic E-state index is 13.5. The van der Waals surface area contributed by atoms with E-state index < -0.39 is 29.0 Å². The molecule has 112 valence electrons. The van der Waals surface area contributed by atoms with Gasteiger partial charge in [0.15, 0.2) is 16.8 Å². The molecule has 5 nitrogen and oxygen atoms in total. The Hall–Kier alpha value is -2.29. The third-order valence-corrected chi connectivity index (χ3v) is 3.71. The van der Waals surface area contributed by atoms with Gasteiger partial charge in [-0.05, 0) is 0 Å². The lowest BCUT2D eigenvalue weighted by molar-refractivity contribution is 0.103. The number of rotatable bonds is 3. The average Bonchev–Trinajstić information content (AvgIpc) is 2.77. The molecule has 0 atom stereocenters. The molecule has 0 fully saturated rings. The number of halogens is 3. The number of hydrogen-bond acceptors (Lipinski definition) is 5. The minimum Gasteiger partial charge on any atom is -0.382 e. The molecule has 0 radical (unpaired) electrons. The van der Waals surface area contributed by atoms with Crippen molar-refractivity contribution in [2.45, 2.75) is 0 Å². The van der Waals surface area contributed by atoms with Gasteiger partial charge in [-0.15, -0.1) is 0 Å². The molecular weight excluding hydrogens is 305 g/mol. The van der Waals surface area contributed by atoms with Gasteiger partial charge in [0.25, 0.3) is 5.91 Å². The van der Waals surface area contributed by atoms with E-state index in [4.69, 9.17) is 5.73 Å². The van der Waals surface area contributed by atoms with Crippen molar-refractivity contribution in [3.8, 4) is 0 Å². The second kappa shape index (κ2) is 5.60. The molecule has 3 N–H and O–H groups in total. The molecule has 0 unspecified atom stereocenters. The van der Waals surface area contributed by atoms with Crippen LogP contribution in [0.2, 0.25) is 0 Å². The SMILES string of the molecule is CN(C)c1nc(N)c(C(=O)Nc2cc(F)cc(F)c2F)s1. The van der Waals surface area contributed by atoms with Gasteiger partial charge >= 0.3 is 0 Å². The zero-order valence-corrected chi connectivity index (χ0v) is 11.9. The minimum atomic E-state index is -1.39. The number of carbonyl (C=O) groups excluding carboxylic acids is 1. The first-order valence-corrected chi connectivity index (χ1v) is 6.50. The summed E-state index contributed by atoms with van der Waals surface area (Å²) in [5.74, 6) is -4.58. The molecule has 1 aromatic heterocycles. The van der Waals surface area contributed by atoms with Gasteiger partial charge in [-0.25, -0.2) is 18.2 Å². The highest BCUT2D eigenvalue weighted by molar-refractivity contribution is 7.18. The Kier molecular flexibility index (Phi) is 4.03. The highest BCUT2D eigenvalue weighted by Gasteiger charge is 2.20. The first kappa shape index (κ1) is 15.1. The van der Waals surface area contributed by atoms with Gasteiger partial charge in [0.05, 0.1) is 5.69 Å². The largest absolute Gasteiger partial charge is 0.382 e. The Bertz CT molecular complexity index is 702. The number of nitrogen functional groups attached to an aromatic ring is 1. The van der Waals surface area contributed by atoms with Gasteiger partial charge in [-0.2, -0.15) is 0 Å². The van der Waals surface area contributed by atoms with Crippen LogP contribution in [0.4, 0.5) is 29.8 Å². The minimum absolute atomic E-state index is 0.0303. The molecule has 0 spiro atoms. The molecule has 2 rings (SSSR count). The van der Waals surface area contributed by atoms with Gasteiger partial charge in [0, 0.05) is 26.2 Å². The average molecular weight is 316 g/mol. The number of nitrogens with one attached hydrogen (secondary N) is 1. The van der Waals surface area contributed by atoms with E-state index in [9.17, 15) is 18.0 Å². The third-order valence-electron chi connectivity index (χ3n) is 2.47. The molecule has 21 heavy (non-hydrogen) atoms. The Labute approximate surface area is 122 Å². The third kappa shape index (κ3) is 3.07. The van der Waals surface area contributed by atoms with Gasteiger partial charge in [0.1, 0.15) is 16.5 Å². The fourth-order valence-electron chi connectivity index (χ4n) is 1.50. The van der Waals surface area contributed by atoms with Gasteiger partial charge in [-0.1, -0.05) is 11.3 Å². The number of aromatic nitrogens is 1. The summed E-state index contributed by atoms with van der Waals surface area (Å²) >= 11 is 0.977. The standard InChI is InChI=1S/C12H11F3N4OS/c1-19(2)12-18-10(16)9(21-12)11(20)17-7-4-5(13)3-6(14)8(7)15/h3-4H,16H2,1-2H3,(H,17,20). The van der Waals surface area contributed by atoms with E-state index in [-0.39, 0.29) is 10.7 Å². The lowest BCUT2D eigenvalue weighted by Crippen LogP contribution is -2.14. The molecule has 0 aliphatic carbocycles. The molecule has 0 aliphatic heterocycles. The summed E-state index contributed by atoms with van der Waals surface area (Å²) in [6.07, 6.45) is 0. The Morgan fingerprint density at radius 2 is 2.00 bits per heavy atom. The molecule has 1 amide bonds. The van der Waals surface area contributed by atoms with Gasteiger partial charge in [-0.3, -0.25) is 4.79 Å². The number of anilines is 3. The van der Waals surface area contributed by atoms with Crippen molar-refractivity contribution in [2.24, 2.45) is 0 Å². The predicted molar refractivity (Wildman–Crippen MR) is 75.1 cm³/mol. The molecule has 0 saturated carbocycles. The summed E-state index contributed by atoms with van der Waals surface area (Å²) in [5.41, 5.74) is 5.00. The molecule has 2 aromatic rings. The van der Waals surface area contributed by atoms with Crippen LogP contribution >= 0.6 is 11.3 Å². The van der Waals surface area contributed by atoms with Crippen LogP contribution < -0.4 is 16.0 Å². The topological polar surface area (TPSA) is 71.2 Å². The highest BCUT2D eigenvalue weighted by Crippen LogP contribution is 2.28. The van der Waals surface area contributed by atoms with Crippen molar-refractivity contribution >= 4 is 33.9 Å². The smallest absolute Gasteiger partial charge is 0.269 e. The number of hydrogen-bond donors (Lipinski definition) is 2.